The lowest BCUT2D eigenvalue weighted by Gasteiger charge is -2.32. The largest absolute Gasteiger partial charge is 0.495 e. The first kappa shape index (κ1) is 19.2. The zero-order valence-corrected chi connectivity index (χ0v) is 14.3. The van der Waals surface area contributed by atoms with Crippen LogP contribution in [0.15, 0.2) is 12.1 Å². The third kappa shape index (κ3) is 2.95. The molecule has 3 nitrogen and oxygen atoms in total. The molecule has 2 rings (SSSR count). The number of alkyl halides is 3. The molecule has 1 aliphatic heterocycles. The van der Waals surface area contributed by atoms with E-state index >= 15 is 0 Å². The summed E-state index contributed by atoms with van der Waals surface area (Å²) < 4.78 is 65.0. The monoisotopic (exact) mass is 348 g/mol. The smallest absolute Gasteiger partial charge is 0.399 e. The maximum atomic E-state index is 14.1. The molecule has 24 heavy (non-hydrogen) atoms. The van der Waals surface area contributed by atoms with Crippen molar-refractivity contribution in [3.05, 3.63) is 29.1 Å². The number of halogens is 4. The van der Waals surface area contributed by atoms with Gasteiger partial charge in [0.1, 0.15) is 12.5 Å². The average molecular weight is 348 g/mol. The van der Waals surface area contributed by atoms with E-state index in [0.717, 1.165) is 12.1 Å². The van der Waals surface area contributed by atoms with Gasteiger partial charge >= 0.3 is 7.12 Å². The lowest BCUT2D eigenvalue weighted by molar-refractivity contribution is -0.116. The fourth-order valence-electron chi connectivity index (χ4n) is 2.49. The first-order chi connectivity index (χ1) is 10.9. The number of benzene rings is 1. The predicted molar refractivity (Wildman–Crippen MR) is 82.7 cm³/mol. The van der Waals surface area contributed by atoms with Crippen LogP contribution >= 0.6 is 0 Å². The summed E-state index contributed by atoms with van der Waals surface area (Å²) in [7, 11) is -0.934. The molecule has 1 saturated heterocycles. The van der Waals surface area contributed by atoms with Crippen LogP contribution in [0, 0.1) is 12.7 Å². The minimum atomic E-state index is -3.48. The maximum Gasteiger partial charge on any atom is 0.495 e. The van der Waals surface area contributed by atoms with Crippen LogP contribution in [0.2, 0.25) is 0 Å². The van der Waals surface area contributed by atoms with Crippen LogP contribution in [0.3, 0.4) is 0 Å². The average Bonchev–Trinajstić information content (AvgIpc) is 2.66. The number of aryl methyl sites for hydroxylation is 1. The van der Waals surface area contributed by atoms with Crippen molar-refractivity contribution < 1.29 is 32.0 Å². The molecule has 0 saturated carbocycles. The van der Waals surface area contributed by atoms with Crippen molar-refractivity contribution in [2.75, 3.05) is 6.67 Å². The Balaban J connectivity index is 2.53. The lowest BCUT2D eigenvalue weighted by atomic mass is 9.74. The van der Waals surface area contributed by atoms with Gasteiger partial charge in [-0.3, -0.25) is 0 Å². The van der Waals surface area contributed by atoms with E-state index < -0.39 is 48.4 Å². The molecule has 1 N–H and O–H groups in total. The second kappa shape index (κ2) is 6.00. The Bertz CT molecular complexity index is 620. The van der Waals surface area contributed by atoms with E-state index in [0.29, 0.717) is 5.56 Å². The topological polar surface area (TPSA) is 38.7 Å². The summed E-state index contributed by atoms with van der Waals surface area (Å²) in [6, 6.07) is 1.97. The van der Waals surface area contributed by atoms with Gasteiger partial charge in [-0.15, -0.1) is 0 Å². The summed E-state index contributed by atoms with van der Waals surface area (Å²) in [6.45, 7) is 6.98. The summed E-state index contributed by atoms with van der Waals surface area (Å²) in [5, 5.41) is 9.87. The van der Waals surface area contributed by atoms with E-state index in [9.17, 15) is 22.7 Å². The molecule has 0 amide bonds. The van der Waals surface area contributed by atoms with E-state index in [1.807, 2.05) is 27.7 Å². The van der Waals surface area contributed by atoms with Gasteiger partial charge in [-0.2, -0.15) is 0 Å². The number of rotatable bonds is 4. The van der Waals surface area contributed by atoms with Gasteiger partial charge in [0.25, 0.3) is 6.43 Å². The summed E-state index contributed by atoms with van der Waals surface area (Å²) in [4.78, 5) is 0. The number of hydrogen-bond acceptors (Lipinski definition) is 3. The molecular formula is C16H21BF4O3. The molecule has 0 spiro atoms. The maximum absolute atomic E-state index is 14.1. The second-order valence-corrected chi connectivity index (χ2v) is 7.14. The van der Waals surface area contributed by atoms with Gasteiger partial charge in [-0.25, -0.2) is 17.6 Å². The van der Waals surface area contributed by atoms with Crippen LogP contribution in [0.4, 0.5) is 17.6 Å². The molecular weight excluding hydrogens is 327 g/mol. The zero-order valence-electron chi connectivity index (χ0n) is 14.3. The Morgan fingerprint density at radius 3 is 2.08 bits per heavy atom. The van der Waals surface area contributed by atoms with Crippen molar-refractivity contribution >= 4 is 12.6 Å². The Labute approximate surface area is 139 Å². The van der Waals surface area contributed by atoms with Gasteiger partial charge < -0.3 is 14.4 Å². The highest BCUT2D eigenvalue weighted by atomic mass is 19.3. The Hall–Kier alpha value is -1.12. The molecule has 1 aromatic rings. The highest BCUT2D eigenvalue weighted by molar-refractivity contribution is 6.62. The fraction of sp³-hybridized carbons (Fsp3) is 0.625. The molecule has 1 unspecified atom stereocenters. The minimum absolute atomic E-state index is 0.276. The Morgan fingerprint density at radius 1 is 1.17 bits per heavy atom. The van der Waals surface area contributed by atoms with Gasteiger partial charge in [0.2, 0.25) is 0 Å². The van der Waals surface area contributed by atoms with Crippen LogP contribution in [-0.4, -0.2) is 36.5 Å². The van der Waals surface area contributed by atoms with E-state index in [1.54, 1.807) is 6.92 Å². The third-order valence-corrected chi connectivity index (χ3v) is 4.89. The molecule has 1 atom stereocenters. The standard InChI is InChI=1S/C16H21BF4O3/c1-9-6-12(19)10(16(22,8-18)13(20)21)7-11(9)17-23-14(2,3)15(4,5)24-17/h6-7,13,22H,8H2,1-5H3. The van der Waals surface area contributed by atoms with Crippen LogP contribution in [0.1, 0.15) is 38.8 Å². The molecule has 0 radical (unpaired) electrons. The van der Waals surface area contributed by atoms with E-state index in [2.05, 4.69) is 0 Å². The Kier molecular flexibility index (Phi) is 4.80. The third-order valence-electron chi connectivity index (χ3n) is 4.89. The lowest BCUT2D eigenvalue weighted by Crippen LogP contribution is -2.42. The van der Waals surface area contributed by atoms with Crippen molar-refractivity contribution in [1.29, 1.82) is 0 Å². The predicted octanol–water partition coefficient (Wildman–Crippen LogP) is 2.86. The van der Waals surface area contributed by atoms with Crippen LogP contribution in [-0.2, 0) is 14.9 Å². The summed E-state index contributed by atoms with van der Waals surface area (Å²) in [5.41, 5.74) is -4.72. The molecule has 0 bridgehead atoms. The number of hydrogen-bond donors (Lipinski definition) is 1. The molecule has 1 aromatic carbocycles. The van der Waals surface area contributed by atoms with Crippen LogP contribution in [0.25, 0.3) is 0 Å². The van der Waals surface area contributed by atoms with Gasteiger partial charge in [0.05, 0.1) is 11.2 Å². The molecule has 1 heterocycles. The molecule has 134 valence electrons. The van der Waals surface area contributed by atoms with E-state index in [4.69, 9.17) is 9.31 Å². The highest BCUT2D eigenvalue weighted by Gasteiger charge is 2.52. The van der Waals surface area contributed by atoms with E-state index in [-0.39, 0.29) is 5.46 Å². The normalized spacial score (nSPS) is 22.0. The van der Waals surface area contributed by atoms with Gasteiger partial charge in [-0.1, -0.05) is 6.07 Å². The molecule has 8 heteroatoms. The number of aliphatic hydroxyl groups is 1. The molecule has 1 fully saturated rings. The molecule has 1 aliphatic rings. The fourth-order valence-corrected chi connectivity index (χ4v) is 2.49. The van der Waals surface area contributed by atoms with Gasteiger partial charge in [0, 0.05) is 5.56 Å². The van der Waals surface area contributed by atoms with Crippen molar-refractivity contribution in [3.63, 3.8) is 0 Å². The highest BCUT2D eigenvalue weighted by Crippen LogP contribution is 2.37. The second-order valence-electron chi connectivity index (χ2n) is 7.14. The van der Waals surface area contributed by atoms with Crippen molar-refractivity contribution in [3.8, 4) is 0 Å². The Morgan fingerprint density at radius 2 is 1.67 bits per heavy atom. The van der Waals surface area contributed by atoms with Crippen molar-refractivity contribution in [2.24, 2.45) is 0 Å². The summed E-state index contributed by atoms with van der Waals surface area (Å²) in [6.07, 6.45) is -3.48. The van der Waals surface area contributed by atoms with Crippen molar-refractivity contribution in [1.82, 2.24) is 0 Å². The van der Waals surface area contributed by atoms with Gasteiger partial charge in [-0.05, 0) is 51.7 Å². The first-order valence-corrected chi connectivity index (χ1v) is 7.58. The van der Waals surface area contributed by atoms with Gasteiger partial charge in [0.15, 0.2) is 5.60 Å². The van der Waals surface area contributed by atoms with Crippen LogP contribution < -0.4 is 5.46 Å². The van der Waals surface area contributed by atoms with E-state index in [1.165, 1.54) is 0 Å². The summed E-state index contributed by atoms with van der Waals surface area (Å²) >= 11 is 0. The molecule has 0 aromatic heterocycles. The zero-order chi connectivity index (χ0) is 18.5. The van der Waals surface area contributed by atoms with Crippen LogP contribution in [0.5, 0.6) is 0 Å². The SMILES string of the molecule is Cc1cc(F)c(C(O)(CF)C(F)F)cc1B1OC(C)(C)C(C)(C)O1. The quantitative estimate of drug-likeness (QED) is 0.672. The summed E-state index contributed by atoms with van der Waals surface area (Å²) in [5.74, 6) is -1.10. The van der Waals surface area contributed by atoms with Crippen molar-refractivity contribution in [2.45, 2.75) is 57.8 Å². The first-order valence-electron chi connectivity index (χ1n) is 7.58. The molecule has 0 aliphatic carbocycles. The minimum Gasteiger partial charge on any atom is -0.399 e.